The van der Waals surface area contributed by atoms with Crippen molar-refractivity contribution in [3.8, 4) is 5.75 Å². The Morgan fingerprint density at radius 2 is 2.09 bits per heavy atom. The highest BCUT2D eigenvalue weighted by Crippen LogP contribution is 2.35. The third-order valence-electron chi connectivity index (χ3n) is 6.87. The highest BCUT2D eigenvalue weighted by atomic mass is 16.5. The van der Waals surface area contributed by atoms with E-state index in [4.69, 9.17) is 9.72 Å². The summed E-state index contributed by atoms with van der Waals surface area (Å²) in [5.41, 5.74) is 4.29. The van der Waals surface area contributed by atoms with Gasteiger partial charge < -0.3 is 15.0 Å². The Bertz CT molecular complexity index is 1160. The molecule has 1 aliphatic carbocycles. The van der Waals surface area contributed by atoms with Gasteiger partial charge >= 0.3 is 0 Å². The number of carbonyl (C=O) groups excluding carboxylic acids is 1. The number of ketones is 1. The van der Waals surface area contributed by atoms with E-state index in [0.717, 1.165) is 67.7 Å². The molecular formula is C24H30N6O2. The van der Waals surface area contributed by atoms with E-state index < -0.39 is 0 Å². The molecule has 8 nitrogen and oxygen atoms in total. The number of methoxy groups -OCH3 is 1. The lowest BCUT2D eigenvalue weighted by molar-refractivity contribution is -0.122. The molecule has 2 aliphatic rings. The normalized spacial score (nSPS) is 21.3. The third kappa shape index (κ3) is 3.95. The van der Waals surface area contributed by atoms with Gasteiger partial charge in [0.25, 0.3) is 0 Å². The molecule has 0 spiro atoms. The average molecular weight is 435 g/mol. The summed E-state index contributed by atoms with van der Waals surface area (Å²) in [6.07, 6.45) is 8.48. The van der Waals surface area contributed by atoms with E-state index in [9.17, 15) is 4.79 Å². The fourth-order valence-corrected chi connectivity index (χ4v) is 5.03. The summed E-state index contributed by atoms with van der Waals surface area (Å²) in [6, 6.07) is 4.46. The van der Waals surface area contributed by atoms with E-state index in [-0.39, 0.29) is 17.7 Å². The second-order valence-electron chi connectivity index (χ2n) is 9.12. The van der Waals surface area contributed by atoms with Crippen LogP contribution in [0.5, 0.6) is 5.75 Å². The Labute approximate surface area is 188 Å². The largest absolute Gasteiger partial charge is 0.495 e. The molecule has 0 amide bonds. The van der Waals surface area contributed by atoms with Crippen LogP contribution in [0.1, 0.15) is 49.8 Å². The summed E-state index contributed by atoms with van der Waals surface area (Å²) in [6.45, 7) is 3.67. The molecule has 5 rings (SSSR count). The third-order valence-corrected chi connectivity index (χ3v) is 6.87. The van der Waals surface area contributed by atoms with Crippen molar-refractivity contribution >= 4 is 28.5 Å². The maximum atomic E-state index is 11.9. The van der Waals surface area contributed by atoms with Crippen LogP contribution >= 0.6 is 0 Å². The van der Waals surface area contributed by atoms with Crippen LogP contribution in [0.2, 0.25) is 0 Å². The Morgan fingerprint density at radius 1 is 1.22 bits per heavy atom. The summed E-state index contributed by atoms with van der Waals surface area (Å²) in [5, 5.41) is 8.87. The Kier molecular flexibility index (Phi) is 5.55. The van der Waals surface area contributed by atoms with E-state index in [2.05, 4.69) is 39.5 Å². The number of carbonyl (C=O) groups is 1. The van der Waals surface area contributed by atoms with E-state index in [1.54, 1.807) is 20.2 Å². The number of nitrogens with zero attached hydrogens (tertiary/aromatic N) is 5. The first-order chi connectivity index (χ1) is 15.5. The van der Waals surface area contributed by atoms with E-state index in [1.807, 2.05) is 10.9 Å². The maximum absolute atomic E-state index is 11.9. The second-order valence-corrected chi connectivity index (χ2v) is 9.12. The molecule has 0 saturated heterocycles. The average Bonchev–Trinajstić information content (AvgIpc) is 3.22. The van der Waals surface area contributed by atoms with Gasteiger partial charge in [0.1, 0.15) is 11.5 Å². The lowest BCUT2D eigenvalue weighted by Crippen LogP contribution is -2.26. The number of fused-ring (bicyclic) bond motifs is 2. The molecule has 8 heteroatoms. The SMILES string of the molecule is COc1cc2c(cc1Nc1ncc3cnn([C@H]4CCC[C@H](C(C)=O)C4)c3n1)CN(C)CC2. The predicted octanol–water partition coefficient (Wildman–Crippen LogP) is 3.89. The van der Waals surface area contributed by atoms with Gasteiger partial charge in [-0.1, -0.05) is 6.42 Å². The van der Waals surface area contributed by atoms with Crippen molar-refractivity contribution < 1.29 is 9.53 Å². The number of anilines is 2. The number of Topliss-reactive ketones (excluding diaryl/α,β-unsaturated/α-hetero) is 1. The summed E-state index contributed by atoms with van der Waals surface area (Å²) < 4.78 is 7.64. The first-order valence-corrected chi connectivity index (χ1v) is 11.4. The number of hydrogen-bond donors (Lipinski definition) is 1. The van der Waals surface area contributed by atoms with E-state index in [1.165, 1.54) is 11.1 Å². The lowest BCUT2D eigenvalue weighted by Gasteiger charge is -2.28. The van der Waals surface area contributed by atoms with Crippen molar-refractivity contribution in [3.05, 3.63) is 35.7 Å². The number of benzene rings is 1. The Morgan fingerprint density at radius 3 is 2.91 bits per heavy atom. The predicted molar refractivity (Wildman–Crippen MR) is 123 cm³/mol. The van der Waals surface area contributed by atoms with Gasteiger partial charge in [0.15, 0.2) is 5.65 Å². The molecule has 1 saturated carbocycles. The molecule has 1 fully saturated rings. The zero-order chi connectivity index (χ0) is 22.2. The van der Waals surface area contributed by atoms with Gasteiger partial charge in [0, 0.05) is 25.2 Å². The van der Waals surface area contributed by atoms with Gasteiger partial charge in [-0.3, -0.25) is 4.79 Å². The molecule has 32 heavy (non-hydrogen) atoms. The van der Waals surface area contributed by atoms with Crippen molar-refractivity contribution in [2.45, 2.75) is 51.6 Å². The summed E-state index contributed by atoms with van der Waals surface area (Å²) >= 11 is 0. The van der Waals surface area contributed by atoms with Crippen LogP contribution in [-0.4, -0.2) is 51.1 Å². The van der Waals surface area contributed by atoms with Crippen molar-refractivity contribution in [2.75, 3.05) is 26.0 Å². The molecule has 3 heterocycles. The minimum absolute atomic E-state index is 0.116. The Balaban J connectivity index is 1.45. The quantitative estimate of drug-likeness (QED) is 0.652. The van der Waals surface area contributed by atoms with Crippen LogP contribution in [0.3, 0.4) is 0 Å². The summed E-state index contributed by atoms with van der Waals surface area (Å²) in [5.74, 6) is 1.70. The van der Waals surface area contributed by atoms with Crippen LogP contribution in [0.4, 0.5) is 11.6 Å². The number of likely N-dealkylation sites (N-methyl/N-ethyl adjacent to an activating group) is 1. The smallest absolute Gasteiger partial charge is 0.229 e. The standard InChI is InChI=1S/C24H30N6O2/c1-15(31)16-5-4-6-20(9-16)30-23-19(13-26-30)12-25-24(28-23)27-21-10-18-14-29(2)8-7-17(18)11-22(21)32-3/h10-13,16,20H,4-9,14H2,1-3H3,(H,25,27,28)/t16-,20-/m0/s1. The minimum Gasteiger partial charge on any atom is -0.495 e. The van der Waals surface area contributed by atoms with Gasteiger partial charge in [-0.05, 0) is 62.9 Å². The van der Waals surface area contributed by atoms with Crippen LogP contribution in [0.15, 0.2) is 24.5 Å². The molecule has 1 N–H and O–H groups in total. The van der Waals surface area contributed by atoms with Crippen LogP contribution in [0, 0.1) is 5.92 Å². The molecule has 0 unspecified atom stereocenters. The highest BCUT2D eigenvalue weighted by Gasteiger charge is 2.28. The maximum Gasteiger partial charge on any atom is 0.229 e. The molecule has 2 atom stereocenters. The first kappa shape index (κ1) is 20.9. The molecule has 0 bridgehead atoms. The number of ether oxygens (including phenoxy) is 1. The van der Waals surface area contributed by atoms with Gasteiger partial charge in [0.05, 0.1) is 30.4 Å². The molecule has 1 aromatic carbocycles. The molecule has 0 radical (unpaired) electrons. The van der Waals surface area contributed by atoms with Crippen molar-refractivity contribution in [1.29, 1.82) is 0 Å². The van der Waals surface area contributed by atoms with Gasteiger partial charge in [-0.2, -0.15) is 10.1 Å². The van der Waals surface area contributed by atoms with Crippen LogP contribution < -0.4 is 10.1 Å². The monoisotopic (exact) mass is 434 g/mol. The van der Waals surface area contributed by atoms with Crippen molar-refractivity contribution in [2.24, 2.45) is 5.92 Å². The number of rotatable bonds is 5. The first-order valence-electron chi connectivity index (χ1n) is 11.4. The number of aromatic nitrogens is 4. The summed E-state index contributed by atoms with van der Waals surface area (Å²) in [4.78, 5) is 23.6. The highest BCUT2D eigenvalue weighted by molar-refractivity contribution is 5.79. The van der Waals surface area contributed by atoms with Gasteiger partial charge in [-0.15, -0.1) is 0 Å². The minimum atomic E-state index is 0.116. The second kappa shape index (κ2) is 8.50. The fourth-order valence-electron chi connectivity index (χ4n) is 5.03. The van der Waals surface area contributed by atoms with Gasteiger partial charge in [0.2, 0.25) is 5.95 Å². The Hall–Kier alpha value is -3.00. The van der Waals surface area contributed by atoms with E-state index in [0.29, 0.717) is 5.95 Å². The molecular weight excluding hydrogens is 404 g/mol. The van der Waals surface area contributed by atoms with Crippen molar-refractivity contribution in [3.63, 3.8) is 0 Å². The fraction of sp³-hybridized carbons (Fsp3) is 0.500. The molecule has 168 valence electrons. The number of hydrogen-bond acceptors (Lipinski definition) is 7. The lowest BCUT2D eigenvalue weighted by atomic mass is 9.83. The van der Waals surface area contributed by atoms with Gasteiger partial charge in [-0.25, -0.2) is 9.67 Å². The molecule has 1 aliphatic heterocycles. The van der Waals surface area contributed by atoms with E-state index >= 15 is 0 Å². The molecule has 3 aromatic rings. The topological polar surface area (TPSA) is 85.2 Å². The zero-order valence-electron chi connectivity index (χ0n) is 19.0. The summed E-state index contributed by atoms with van der Waals surface area (Å²) in [7, 11) is 3.83. The number of nitrogens with one attached hydrogen (secondary N) is 1. The van der Waals surface area contributed by atoms with Crippen LogP contribution in [0.25, 0.3) is 11.0 Å². The van der Waals surface area contributed by atoms with Crippen LogP contribution in [-0.2, 0) is 17.8 Å². The zero-order valence-corrected chi connectivity index (χ0v) is 19.0. The molecule has 2 aromatic heterocycles. The van der Waals surface area contributed by atoms with Crippen molar-refractivity contribution in [1.82, 2.24) is 24.6 Å².